The molecule has 0 saturated heterocycles. The summed E-state index contributed by atoms with van der Waals surface area (Å²) in [5.74, 6) is 0.138. The Morgan fingerprint density at radius 3 is 2.48 bits per heavy atom. The lowest BCUT2D eigenvalue weighted by Crippen LogP contribution is -2.36. The van der Waals surface area contributed by atoms with Crippen molar-refractivity contribution in [1.29, 1.82) is 0 Å². The van der Waals surface area contributed by atoms with Gasteiger partial charge < -0.3 is 19.8 Å². The van der Waals surface area contributed by atoms with Gasteiger partial charge in [-0.15, -0.1) is 0 Å². The molecule has 8 heteroatoms. The summed E-state index contributed by atoms with van der Waals surface area (Å²) in [6.45, 7) is 2.71. The second-order valence-electron chi connectivity index (χ2n) is 9.07. The molecule has 3 N–H and O–H groups in total. The first-order valence-electron chi connectivity index (χ1n) is 12.1. The van der Waals surface area contributed by atoms with Crippen LogP contribution < -0.4 is 21.6 Å². The topological polar surface area (TPSA) is 110 Å². The minimum atomic E-state index is -0.570. The highest BCUT2D eigenvalue weighted by molar-refractivity contribution is 6.01. The van der Waals surface area contributed by atoms with E-state index in [1.807, 2.05) is 25.1 Å². The molecule has 0 spiro atoms. The van der Waals surface area contributed by atoms with E-state index in [0.717, 1.165) is 56.8 Å². The van der Waals surface area contributed by atoms with Crippen molar-refractivity contribution >= 4 is 34.3 Å². The number of carbonyl (C=O) groups excluding carboxylic acids is 2. The van der Waals surface area contributed by atoms with Gasteiger partial charge in [-0.05, 0) is 63.5 Å². The number of hydrogen-bond acceptors (Lipinski definition) is 6. The molecule has 8 nitrogen and oxygen atoms in total. The third-order valence-corrected chi connectivity index (χ3v) is 6.77. The molecule has 178 valence electrons. The van der Waals surface area contributed by atoms with Crippen LogP contribution in [-0.4, -0.2) is 31.2 Å². The zero-order valence-corrected chi connectivity index (χ0v) is 19.2. The van der Waals surface area contributed by atoms with Crippen molar-refractivity contribution in [1.82, 2.24) is 5.32 Å². The normalized spacial score (nSPS) is 21.0. The molecular weight excluding hydrogens is 422 g/mol. The number of benzene rings is 1. The molecule has 0 aliphatic heterocycles. The summed E-state index contributed by atoms with van der Waals surface area (Å²) in [5, 5.41) is 9.89. The van der Waals surface area contributed by atoms with Gasteiger partial charge in [0.25, 0.3) is 0 Å². The Hall–Kier alpha value is -3.03. The Balaban J connectivity index is 1.40. The molecule has 1 aromatic heterocycles. The molecule has 2 saturated carbocycles. The molecule has 1 aromatic carbocycles. The van der Waals surface area contributed by atoms with Crippen molar-refractivity contribution < 1.29 is 18.7 Å². The van der Waals surface area contributed by atoms with Gasteiger partial charge in [0, 0.05) is 18.0 Å². The van der Waals surface area contributed by atoms with E-state index in [1.54, 1.807) is 6.07 Å². The minimum absolute atomic E-state index is 0.0403. The maximum absolute atomic E-state index is 12.7. The predicted molar refractivity (Wildman–Crippen MR) is 127 cm³/mol. The largest absolute Gasteiger partial charge is 0.466 e. The predicted octanol–water partition coefficient (Wildman–Crippen LogP) is 4.64. The first-order chi connectivity index (χ1) is 16.0. The number of urea groups is 1. The molecule has 4 rings (SSSR count). The lowest BCUT2D eigenvalue weighted by Gasteiger charge is -2.27. The molecular formula is C25H33N3O5. The van der Waals surface area contributed by atoms with Gasteiger partial charge in [-0.3, -0.25) is 10.1 Å². The number of rotatable bonds is 7. The minimum Gasteiger partial charge on any atom is -0.466 e. The Morgan fingerprint density at radius 1 is 1.03 bits per heavy atom. The van der Waals surface area contributed by atoms with Crippen LogP contribution in [-0.2, 0) is 9.53 Å². The quantitative estimate of drug-likeness (QED) is 0.415. The lowest BCUT2D eigenvalue weighted by molar-refractivity contribution is -0.149. The summed E-state index contributed by atoms with van der Waals surface area (Å²) < 4.78 is 10.6. The maximum atomic E-state index is 12.7. The zero-order valence-electron chi connectivity index (χ0n) is 19.2. The molecule has 2 amide bonds. The first-order valence-corrected chi connectivity index (χ1v) is 12.1. The summed E-state index contributed by atoms with van der Waals surface area (Å²) in [6.07, 6.45) is 7.64. The molecule has 2 aliphatic carbocycles. The number of para-hydroxylation sites is 1. The average Bonchev–Trinajstić information content (AvgIpc) is 3.33. The first kappa shape index (κ1) is 23.1. The molecule has 0 unspecified atom stereocenters. The average molecular weight is 456 g/mol. The van der Waals surface area contributed by atoms with Gasteiger partial charge >= 0.3 is 17.6 Å². The van der Waals surface area contributed by atoms with Crippen molar-refractivity contribution in [3.63, 3.8) is 0 Å². The van der Waals surface area contributed by atoms with Crippen LogP contribution in [0.3, 0.4) is 0 Å². The molecule has 2 aliphatic rings. The Morgan fingerprint density at radius 2 is 1.76 bits per heavy atom. The number of hydrogen-bond donors (Lipinski definition) is 3. The van der Waals surface area contributed by atoms with Crippen LogP contribution in [0, 0.1) is 11.8 Å². The SMILES string of the molecule is CCOC(=O)C1CCC(CNC(=O)Nc2c(NC3CCCC3)c3ccccc3oc2=O)CC1. The van der Waals surface area contributed by atoms with E-state index in [-0.39, 0.29) is 23.6 Å². The van der Waals surface area contributed by atoms with Gasteiger partial charge in [0.1, 0.15) is 5.58 Å². The number of amides is 2. The molecule has 2 fully saturated rings. The number of anilines is 2. The Kier molecular flexibility index (Phi) is 7.52. The number of ether oxygens (including phenoxy) is 1. The highest BCUT2D eigenvalue weighted by Crippen LogP contribution is 2.32. The van der Waals surface area contributed by atoms with E-state index in [4.69, 9.17) is 9.15 Å². The van der Waals surface area contributed by atoms with Crippen LogP contribution in [0.15, 0.2) is 33.5 Å². The summed E-state index contributed by atoms with van der Waals surface area (Å²) in [7, 11) is 0. The van der Waals surface area contributed by atoms with Gasteiger partial charge in [-0.25, -0.2) is 9.59 Å². The number of esters is 1. The molecule has 1 heterocycles. The zero-order chi connectivity index (χ0) is 23.2. The van der Waals surface area contributed by atoms with Crippen molar-refractivity contribution in [2.45, 2.75) is 64.3 Å². The maximum Gasteiger partial charge on any atom is 0.362 e. The fraction of sp³-hybridized carbons (Fsp3) is 0.560. The highest BCUT2D eigenvalue weighted by Gasteiger charge is 2.28. The molecule has 0 atom stereocenters. The van der Waals surface area contributed by atoms with Gasteiger partial charge in [0.15, 0.2) is 5.69 Å². The summed E-state index contributed by atoms with van der Waals surface area (Å²) in [4.78, 5) is 37.3. The van der Waals surface area contributed by atoms with Crippen molar-refractivity contribution in [3.05, 3.63) is 34.7 Å². The smallest absolute Gasteiger partial charge is 0.362 e. The van der Waals surface area contributed by atoms with Crippen molar-refractivity contribution in [3.8, 4) is 0 Å². The lowest BCUT2D eigenvalue weighted by atomic mass is 9.82. The summed E-state index contributed by atoms with van der Waals surface area (Å²) in [6, 6.07) is 7.20. The van der Waals surface area contributed by atoms with E-state index in [1.165, 1.54) is 0 Å². The van der Waals surface area contributed by atoms with Gasteiger partial charge in [0.2, 0.25) is 0 Å². The second kappa shape index (κ2) is 10.7. The third kappa shape index (κ3) is 5.67. The molecule has 33 heavy (non-hydrogen) atoms. The van der Waals surface area contributed by atoms with Gasteiger partial charge in [-0.2, -0.15) is 0 Å². The van der Waals surface area contributed by atoms with Crippen molar-refractivity contribution in [2.75, 3.05) is 23.8 Å². The Labute approximate surface area is 193 Å². The van der Waals surface area contributed by atoms with E-state index < -0.39 is 11.7 Å². The van der Waals surface area contributed by atoms with Crippen LogP contribution in [0.4, 0.5) is 16.2 Å². The summed E-state index contributed by atoms with van der Waals surface area (Å²) in [5.41, 5.74) is 0.689. The highest BCUT2D eigenvalue weighted by atomic mass is 16.5. The fourth-order valence-electron chi connectivity index (χ4n) is 4.94. The third-order valence-electron chi connectivity index (χ3n) is 6.77. The van der Waals surface area contributed by atoms with Crippen LogP contribution in [0.5, 0.6) is 0 Å². The van der Waals surface area contributed by atoms with Crippen LogP contribution >= 0.6 is 0 Å². The number of nitrogens with one attached hydrogen (secondary N) is 3. The van der Waals surface area contributed by atoms with E-state index >= 15 is 0 Å². The number of carbonyl (C=O) groups is 2. The van der Waals surface area contributed by atoms with Crippen molar-refractivity contribution in [2.24, 2.45) is 11.8 Å². The van der Waals surface area contributed by atoms with E-state index in [0.29, 0.717) is 30.3 Å². The molecule has 0 bridgehead atoms. The van der Waals surface area contributed by atoms with Crippen LogP contribution in [0.1, 0.15) is 58.3 Å². The monoisotopic (exact) mass is 455 g/mol. The van der Waals surface area contributed by atoms with Crippen LogP contribution in [0.25, 0.3) is 11.0 Å². The fourth-order valence-corrected chi connectivity index (χ4v) is 4.94. The summed E-state index contributed by atoms with van der Waals surface area (Å²) >= 11 is 0. The second-order valence-corrected chi connectivity index (χ2v) is 9.07. The van der Waals surface area contributed by atoms with E-state index in [2.05, 4.69) is 16.0 Å². The van der Waals surface area contributed by atoms with E-state index in [9.17, 15) is 14.4 Å². The standard InChI is InChI=1S/C25H33N3O5/c1-2-32-23(29)17-13-11-16(12-14-17)15-26-25(31)28-22-21(27-18-7-3-4-8-18)19-9-5-6-10-20(19)33-24(22)30/h5-6,9-10,16-18,27H,2-4,7-8,11-15H2,1H3,(H2,26,28,31). The van der Waals surface area contributed by atoms with Gasteiger partial charge in [0.05, 0.1) is 18.2 Å². The molecule has 2 aromatic rings. The number of fused-ring (bicyclic) bond motifs is 1. The Bertz CT molecular complexity index is 1040. The van der Waals surface area contributed by atoms with Crippen LogP contribution in [0.2, 0.25) is 0 Å². The van der Waals surface area contributed by atoms with Gasteiger partial charge in [-0.1, -0.05) is 25.0 Å². The molecule has 0 radical (unpaired) electrons.